The summed E-state index contributed by atoms with van der Waals surface area (Å²) < 4.78 is 39.1. The SMILES string of the molecule is OC1CCC(CNCc2cc(F)c(F)cc2F)CC1. The minimum Gasteiger partial charge on any atom is -0.393 e. The Kier molecular flexibility index (Phi) is 4.82. The van der Waals surface area contributed by atoms with Crippen LogP contribution in [-0.4, -0.2) is 17.8 Å². The number of nitrogens with one attached hydrogen (secondary N) is 1. The summed E-state index contributed by atoms with van der Waals surface area (Å²) >= 11 is 0. The molecule has 0 amide bonds. The van der Waals surface area contributed by atoms with Crippen LogP contribution in [0.3, 0.4) is 0 Å². The molecule has 2 N–H and O–H groups in total. The molecule has 1 saturated carbocycles. The van der Waals surface area contributed by atoms with E-state index in [2.05, 4.69) is 5.32 Å². The molecule has 1 aliphatic carbocycles. The van der Waals surface area contributed by atoms with Gasteiger partial charge in [-0.15, -0.1) is 0 Å². The van der Waals surface area contributed by atoms with Crippen molar-refractivity contribution in [2.45, 2.75) is 38.3 Å². The van der Waals surface area contributed by atoms with Crippen LogP contribution in [0.25, 0.3) is 0 Å². The van der Waals surface area contributed by atoms with Crippen molar-refractivity contribution < 1.29 is 18.3 Å². The molecule has 0 aromatic heterocycles. The van der Waals surface area contributed by atoms with Gasteiger partial charge in [-0.25, -0.2) is 13.2 Å². The lowest BCUT2D eigenvalue weighted by Crippen LogP contribution is -2.28. The van der Waals surface area contributed by atoms with Crippen LogP contribution < -0.4 is 5.32 Å². The van der Waals surface area contributed by atoms with Crippen molar-refractivity contribution in [1.82, 2.24) is 5.32 Å². The van der Waals surface area contributed by atoms with Gasteiger partial charge in [0, 0.05) is 18.2 Å². The summed E-state index contributed by atoms with van der Waals surface area (Å²) in [6, 6.07) is 1.46. The van der Waals surface area contributed by atoms with E-state index in [-0.39, 0.29) is 18.2 Å². The Morgan fingerprint density at radius 1 is 1.00 bits per heavy atom. The molecule has 1 fully saturated rings. The average molecular weight is 273 g/mol. The van der Waals surface area contributed by atoms with Gasteiger partial charge in [-0.2, -0.15) is 0 Å². The Morgan fingerprint density at radius 2 is 1.63 bits per heavy atom. The topological polar surface area (TPSA) is 32.3 Å². The van der Waals surface area contributed by atoms with E-state index in [9.17, 15) is 18.3 Å². The molecule has 1 aromatic carbocycles. The average Bonchev–Trinajstić information content (AvgIpc) is 2.38. The third-order valence-electron chi connectivity index (χ3n) is 3.65. The van der Waals surface area contributed by atoms with E-state index in [1.54, 1.807) is 0 Å². The molecule has 2 rings (SSSR count). The van der Waals surface area contributed by atoms with Crippen molar-refractivity contribution in [1.29, 1.82) is 0 Å². The Hall–Kier alpha value is -1.07. The van der Waals surface area contributed by atoms with Crippen LogP contribution in [0.1, 0.15) is 31.2 Å². The molecule has 0 unspecified atom stereocenters. The highest BCUT2D eigenvalue weighted by Gasteiger charge is 2.19. The lowest BCUT2D eigenvalue weighted by Gasteiger charge is -2.25. The normalized spacial score (nSPS) is 23.6. The summed E-state index contributed by atoms with van der Waals surface area (Å²) in [4.78, 5) is 0. The second-order valence-corrected chi connectivity index (χ2v) is 5.16. The predicted molar refractivity (Wildman–Crippen MR) is 66.0 cm³/mol. The van der Waals surface area contributed by atoms with Gasteiger partial charge in [0.15, 0.2) is 11.6 Å². The van der Waals surface area contributed by atoms with Crippen LogP contribution in [0.15, 0.2) is 12.1 Å². The molecule has 0 spiro atoms. The number of hydrogen-bond acceptors (Lipinski definition) is 2. The van der Waals surface area contributed by atoms with Crippen molar-refractivity contribution in [3.63, 3.8) is 0 Å². The largest absolute Gasteiger partial charge is 0.393 e. The first kappa shape index (κ1) is 14.3. The number of aliphatic hydroxyl groups excluding tert-OH is 1. The Labute approximate surface area is 110 Å². The number of halogens is 3. The fourth-order valence-corrected chi connectivity index (χ4v) is 2.46. The molecule has 2 nitrogen and oxygen atoms in total. The minimum atomic E-state index is -1.16. The van der Waals surface area contributed by atoms with Crippen molar-refractivity contribution >= 4 is 0 Å². The first-order valence-electron chi connectivity index (χ1n) is 6.58. The van der Waals surface area contributed by atoms with E-state index in [0.717, 1.165) is 31.7 Å². The monoisotopic (exact) mass is 273 g/mol. The molecule has 0 saturated heterocycles. The Morgan fingerprint density at radius 3 is 2.32 bits per heavy atom. The van der Waals surface area contributed by atoms with E-state index in [1.807, 2.05) is 0 Å². The van der Waals surface area contributed by atoms with Gasteiger partial charge in [0.2, 0.25) is 0 Å². The lowest BCUT2D eigenvalue weighted by molar-refractivity contribution is 0.108. The summed E-state index contributed by atoms with van der Waals surface area (Å²) in [5.74, 6) is -2.47. The Balaban J connectivity index is 1.81. The van der Waals surface area contributed by atoms with Gasteiger partial charge in [0.1, 0.15) is 5.82 Å². The molecule has 0 atom stereocenters. The number of aliphatic hydroxyl groups is 1. The summed E-state index contributed by atoms with van der Waals surface area (Å²) in [5.41, 5.74) is 0.134. The fraction of sp³-hybridized carbons (Fsp3) is 0.571. The van der Waals surface area contributed by atoms with Gasteiger partial charge in [-0.05, 0) is 44.2 Å². The predicted octanol–water partition coefficient (Wildman–Crippen LogP) is 2.74. The molecule has 0 aliphatic heterocycles. The van der Waals surface area contributed by atoms with Gasteiger partial charge in [-0.1, -0.05) is 0 Å². The van der Waals surface area contributed by atoms with Crippen molar-refractivity contribution in [3.05, 3.63) is 35.1 Å². The van der Waals surface area contributed by atoms with Crippen LogP contribution in [0, 0.1) is 23.4 Å². The minimum absolute atomic E-state index is 0.134. The van der Waals surface area contributed by atoms with Crippen LogP contribution >= 0.6 is 0 Å². The maximum absolute atomic E-state index is 13.4. The third-order valence-corrected chi connectivity index (χ3v) is 3.65. The van der Waals surface area contributed by atoms with Gasteiger partial charge >= 0.3 is 0 Å². The molecule has 1 aromatic rings. The first-order chi connectivity index (χ1) is 9.06. The highest BCUT2D eigenvalue weighted by molar-refractivity contribution is 5.19. The van der Waals surface area contributed by atoms with Gasteiger partial charge in [0.25, 0.3) is 0 Å². The molecule has 0 bridgehead atoms. The van der Waals surface area contributed by atoms with E-state index in [0.29, 0.717) is 18.5 Å². The third kappa shape index (κ3) is 3.94. The zero-order valence-electron chi connectivity index (χ0n) is 10.6. The maximum atomic E-state index is 13.4. The van der Waals surface area contributed by atoms with Crippen LogP contribution in [0.2, 0.25) is 0 Å². The van der Waals surface area contributed by atoms with Crippen molar-refractivity contribution in [2.24, 2.45) is 5.92 Å². The van der Waals surface area contributed by atoms with E-state index < -0.39 is 17.5 Å². The summed E-state index contributed by atoms with van der Waals surface area (Å²) in [6.45, 7) is 0.882. The van der Waals surface area contributed by atoms with Crippen LogP contribution in [-0.2, 0) is 6.54 Å². The molecule has 0 heterocycles. The molecule has 19 heavy (non-hydrogen) atoms. The zero-order chi connectivity index (χ0) is 13.8. The summed E-state index contributed by atoms with van der Waals surface area (Å²) in [5, 5.41) is 12.4. The standard InChI is InChI=1S/C14H18F3NO/c15-12-6-14(17)13(16)5-10(12)8-18-7-9-1-3-11(19)4-2-9/h5-6,9,11,18-19H,1-4,7-8H2. The summed E-state index contributed by atoms with van der Waals surface area (Å²) in [6.07, 6.45) is 3.28. The Bertz CT molecular complexity index is 431. The second-order valence-electron chi connectivity index (χ2n) is 5.16. The molecular weight excluding hydrogens is 255 g/mol. The highest BCUT2D eigenvalue weighted by Crippen LogP contribution is 2.23. The second kappa shape index (κ2) is 6.39. The van der Waals surface area contributed by atoms with Gasteiger partial charge in [-0.3, -0.25) is 0 Å². The van der Waals surface area contributed by atoms with Gasteiger partial charge in [0.05, 0.1) is 6.10 Å². The number of rotatable bonds is 4. The molecule has 0 radical (unpaired) electrons. The van der Waals surface area contributed by atoms with Crippen molar-refractivity contribution in [2.75, 3.05) is 6.54 Å². The fourth-order valence-electron chi connectivity index (χ4n) is 2.46. The number of benzene rings is 1. The van der Waals surface area contributed by atoms with E-state index in [4.69, 9.17) is 0 Å². The lowest BCUT2D eigenvalue weighted by atomic mass is 9.87. The molecule has 5 heteroatoms. The summed E-state index contributed by atoms with van der Waals surface area (Å²) in [7, 11) is 0. The number of hydrogen-bond donors (Lipinski definition) is 2. The van der Waals surface area contributed by atoms with Crippen molar-refractivity contribution in [3.8, 4) is 0 Å². The molecule has 106 valence electrons. The maximum Gasteiger partial charge on any atom is 0.161 e. The van der Waals surface area contributed by atoms with Gasteiger partial charge < -0.3 is 10.4 Å². The molecule has 1 aliphatic rings. The van der Waals surface area contributed by atoms with Crippen LogP contribution in [0.5, 0.6) is 0 Å². The quantitative estimate of drug-likeness (QED) is 0.827. The van der Waals surface area contributed by atoms with E-state index in [1.165, 1.54) is 0 Å². The highest BCUT2D eigenvalue weighted by atomic mass is 19.2. The molecular formula is C14H18F3NO. The first-order valence-corrected chi connectivity index (χ1v) is 6.58. The smallest absolute Gasteiger partial charge is 0.161 e. The van der Waals surface area contributed by atoms with E-state index >= 15 is 0 Å². The zero-order valence-corrected chi connectivity index (χ0v) is 10.6. The van der Waals surface area contributed by atoms with Crippen LogP contribution in [0.4, 0.5) is 13.2 Å².